The van der Waals surface area contributed by atoms with Crippen molar-refractivity contribution in [2.45, 2.75) is 32.8 Å². The van der Waals surface area contributed by atoms with Crippen LogP contribution in [-0.4, -0.2) is 18.4 Å². The summed E-state index contributed by atoms with van der Waals surface area (Å²) < 4.78 is 5.66. The second kappa shape index (κ2) is 5.15. The highest BCUT2D eigenvalue weighted by Crippen LogP contribution is 2.20. The summed E-state index contributed by atoms with van der Waals surface area (Å²) in [5.74, 6) is 0. The first kappa shape index (κ1) is 11.3. The maximum absolute atomic E-state index is 5.66. The van der Waals surface area contributed by atoms with Gasteiger partial charge in [-0.2, -0.15) is 12.6 Å². The quantitative estimate of drug-likeness (QED) is 0.669. The highest BCUT2D eigenvalue weighted by Gasteiger charge is 2.20. The second-order valence-corrected chi connectivity index (χ2v) is 3.94. The maximum atomic E-state index is 5.66. The van der Waals surface area contributed by atoms with Crippen LogP contribution in [0.25, 0.3) is 0 Å². The van der Waals surface area contributed by atoms with Gasteiger partial charge in [-0.25, -0.2) is 0 Å². The third kappa shape index (κ3) is 2.58. The van der Waals surface area contributed by atoms with E-state index in [1.165, 1.54) is 0 Å². The minimum Gasteiger partial charge on any atom is -0.592 e. The molecular weight excluding hydrogens is 173 g/mol. The highest BCUT2D eigenvalue weighted by atomic mass is 16.4. The molecule has 1 aromatic heterocycles. The Morgan fingerprint density at radius 3 is 2.43 bits per heavy atom. The molecule has 1 rings (SSSR count). The molecule has 0 N–H and O–H groups in total. The molecule has 1 aromatic rings. The molecule has 0 saturated heterocycles. The van der Waals surface area contributed by atoms with Crippen molar-refractivity contribution in [1.29, 1.82) is 0 Å². The molecule has 3 heteroatoms. The van der Waals surface area contributed by atoms with Crippen LogP contribution < -0.4 is 0 Å². The van der Waals surface area contributed by atoms with Crippen LogP contribution in [0.15, 0.2) is 24.4 Å². The lowest BCUT2D eigenvalue weighted by Crippen LogP contribution is -2.38. The van der Waals surface area contributed by atoms with Gasteiger partial charge in [-0.1, -0.05) is 19.9 Å². The topological polar surface area (TPSA) is 22.1 Å². The molecule has 0 bridgehead atoms. The molecule has 2 nitrogen and oxygen atoms in total. The Kier molecular flexibility index (Phi) is 4.14. The van der Waals surface area contributed by atoms with Gasteiger partial charge >= 0.3 is 0 Å². The average molecular weight is 192 g/mol. The molecule has 0 aliphatic carbocycles. The summed E-state index contributed by atoms with van der Waals surface area (Å²) in [4.78, 5) is 4.34. The number of nitrogens with zero attached hydrogens (tertiary/aromatic N) is 1. The summed E-state index contributed by atoms with van der Waals surface area (Å²) >= 11 is 0. The normalized spacial score (nSPS) is 11.6. The van der Waals surface area contributed by atoms with Crippen LogP contribution in [0.2, 0.25) is 12.6 Å². The Bertz CT molecular complexity index is 251. The number of hydrogen-bond acceptors (Lipinski definition) is 2. The van der Waals surface area contributed by atoms with Crippen LogP contribution in [0.5, 0.6) is 0 Å². The van der Waals surface area contributed by atoms with Crippen molar-refractivity contribution in [2.75, 3.05) is 7.11 Å². The lowest BCUT2D eigenvalue weighted by molar-refractivity contribution is 0.391. The summed E-state index contributed by atoms with van der Waals surface area (Å²) in [5.41, 5.74) is 1.14. The Hall–Kier alpha value is -0.825. The van der Waals surface area contributed by atoms with Crippen molar-refractivity contribution in [3.8, 4) is 0 Å². The van der Waals surface area contributed by atoms with Crippen LogP contribution in [0.3, 0.4) is 0 Å². The molecule has 0 amide bonds. The largest absolute Gasteiger partial charge is 0.592 e. The molecule has 0 unspecified atom stereocenters. The van der Waals surface area contributed by atoms with E-state index in [1.54, 1.807) is 0 Å². The van der Waals surface area contributed by atoms with Crippen molar-refractivity contribution in [2.24, 2.45) is 0 Å². The van der Waals surface area contributed by atoms with Crippen LogP contribution in [0.4, 0.5) is 0 Å². The van der Waals surface area contributed by atoms with Crippen LogP contribution in [0, 0.1) is 0 Å². The molecule has 0 radical (unpaired) electrons. The zero-order valence-corrected chi connectivity index (χ0v) is 9.36. The number of rotatable bonds is 5. The SMILES string of the molecule is CC[B-](CC)(Cc1ccccn1)OC. The zero-order valence-electron chi connectivity index (χ0n) is 9.36. The number of pyridine rings is 1. The number of hydrogen-bond donors (Lipinski definition) is 0. The lowest BCUT2D eigenvalue weighted by Gasteiger charge is -2.36. The summed E-state index contributed by atoms with van der Waals surface area (Å²) in [7, 11) is 1.82. The zero-order chi connectivity index (χ0) is 10.4. The molecule has 0 spiro atoms. The minimum atomic E-state index is -0.703. The predicted molar refractivity (Wildman–Crippen MR) is 61.7 cm³/mol. The van der Waals surface area contributed by atoms with Crippen molar-refractivity contribution >= 4 is 6.35 Å². The fourth-order valence-electron chi connectivity index (χ4n) is 1.89. The third-order valence-electron chi connectivity index (χ3n) is 3.30. The molecule has 0 aliphatic heterocycles. The van der Waals surface area contributed by atoms with Gasteiger partial charge in [-0.3, -0.25) is 4.98 Å². The standard InChI is InChI=1S/C11H19BNO/c1-4-12(5-2,14-3)10-11-8-6-7-9-13-11/h6-9H,4-5,10H2,1-3H3/q-1. The summed E-state index contributed by atoms with van der Waals surface area (Å²) in [6.07, 6.45) is 4.28. The van der Waals surface area contributed by atoms with Crippen LogP contribution in [-0.2, 0) is 11.0 Å². The van der Waals surface area contributed by atoms with Crippen molar-refractivity contribution in [3.63, 3.8) is 0 Å². The van der Waals surface area contributed by atoms with Gasteiger partial charge in [0.2, 0.25) is 0 Å². The van der Waals surface area contributed by atoms with Gasteiger partial charge in [0.25, 0.3) is 0 Å². The van der Waals surface area contributed by atoms with E-state index < -0.39 is 6.35 Å². The third-order valence-corrected chi connectivity index (χ3v) is 3.30. The monoisotopic (exact) mass is 192 g/mol. The number of aromatic nitrogens is 1. The van der Waals surface area contributed by atoms with Gasteiger partial charge in [-0.15, -0.1) is 6.32 Å². The first-order chi connectivity index (χ1) is 6.76. The van der Waals surface area contributed by atoms with Crippen molar-refractivity contribution in [1.82, 2.24) is 4.98 Å². The van der Waals surface area contributed by atoms with E-state index in [2.05, 4.69) is 24.9 Å². The van der Waals surface area contributed by atoms with E-state index in [0.717, 1.165) is 24.7 Å². The summed E-state index contributed by atoms with van der Waals surface area (Å²) in [5, 5.41) is 0. The van der Waals surface area contributed by atoms with Crippen molar-refractivity contribution < 1.29 is 4.65 Å². The van der Waals surface area contributed by atoms with E-state index in [0.29, 0.717) is 0 Å². The fourth-order valence-corrected chi connectivity index (χ4v) is 1.89. The average Bonchev–Trinajstić information content (AvgIpc) is 2.28. The summed E-state index contributed by atoms with van der Waals surface area (Å²) in [6.45, 7) is 4.38. The first-order valence-electron chi connectivity index (χ1n) is 5.41. The minimum absolute atomic E-state index is 0.703. The van der Waals surface area contributed by atoms with Gasteiger partial charge in [0.05, 0.1) is 0 Å². The molecule has 0 atom stereocenters. The van der Waals surface area contributed by atoms with E-state index >= 15 is 0 Å². The first-order valence-corrected chi connectivity index (χ1v) is 5.41. The maximum Gasteiger partial charge on any atom is 0.119 e. The van der Waals surface area contributed by atoms with E-state index in [4.69, 9.17) is 4.65 Å². The summed E-state index contributed by atoms with van der Waals surface area (Å²) in [6, 6.07) is 6.05. The molecule has 0 aliphatic rings. The Morgan fingerprint density at radius 1 is 1.29 bits per heavy atom. The molecule has 1 heterocycles. The van der Waals surface area contributed by atoms with Gasteiger partial charge < -0.3 is 4.65 Å². The Balaban J connectivity index is 2.74. The van der Waals surface area contributed by atoms with Gasteiger partial charge in [-0.05, 0) is 19.2 Å². The fraction of sp³-hybridized carbons (Fsp3) is 0.545. The highest BCUT2D eigenvalue weighted by molar-refractivity contribution is 6.73. The molecule has 0 saturated carbocycles. The second-order valence-electron chi connectivity index (χ2n) is 3.94. The smallest absolute Gasteiger partial charge is 0.119 e. The van der Waals surface area contributed by atoms with E-state index in [1.807, 2.05) is 25.4 Å². The molecule has 0 aromatic carbocycles. The van der Waals surface area contributed by atoms with Gasteiger partial charge in [0.1, 0.15) is 6.35 Å². The lowest BCUT2D eigenvalue weighted by atomic mass is 9.34. The van der Waals surface area contributed by atoms with Gasteiger partial charge in [0, 0.05) is 11.9 Å². The van der Waals surface area contributed by atoms with E-state index in [-0.39, 0.29) is 0 Å². The van der Waals surface area contributed by atoms with E-state index in [9.17, 15) is 0 Å². The van der Waals surface area contributed by atoms with Crippen LogP contribution >= 0.6 is 0 Å². The molecule has 78 valence electrons. The van der Waals surface area contributed by atoms with Gasteiger partial charge in [0.15, 0.2) is 0 Å². The predicted octanol–water partition coefficient (Wildman–Crippen LogP) is 2.80. The molecule has 0 fully saturated rings. The Morgan fingerprint density at radius 2 is 2.00 bits per heavy atom. The Labute approximate surface area is 86.6 Å². The van der Waals surface area contributed by atoms with Crippen LogP contribution in [0.1, 0.15) is 19.5 Å². The molecular formula is C11H19BNO-. The van der Waals surface area contributed by atoms with Crippen molar-refractivity contribution in [3.05, 3.63) is 30.1 Å². The molecule has 14 heavy (non-hydrogen) atoms.